The minimum absolute atomic E-state index is 0.00486. The number of anilines is 1. The topological polar surface area (TPSA) is 127 Å². The molecule has 1 saturated heterocycles. The van der Waals surface area contributed by atoms with Crippen LogP contribution >= 0.6 is 11.3 Å². The molecule has 1 aliphatic heterocycles. The summed E-state index contributed by atoms with van der Waals surface area (Å²) in [7, 11) is -3.85. The van der Waals surface area contributed by atoms with Crippen molar-refractivity contribution in [3.63, 3.8) is 0 Å². The van der Waals surface area contributed by atoms with Crippen molar-refractivity contribution in [3.8, 4) is 0 Å². The minimum Gasteiger partial charge on any atom is -0.391 e. The first-order valence-corrected chi connectivity index (χ1v) is 8.21. The largest absolute Gasteiger partial charge is 0.391 e. The van der Waals surface area contributed by atoms with Gasteiger partial charge in [-0.05, 0) is 12.3 Å². The Bertz CT molecular complexity index is 627. The first kappa shape index (κ1) is 15.2. The zero-order valence-corrected chi connectivity index (χ0v) is 12.4. The minimum atomic E-state index is -3.85. The number of nitro groups is 1. The molecule has 1 aromatic heterocycles. The first-order chi connectivity index (χ1) is 9.23. The third-order valence-corrected chi connectivity index (χ3v) is 6.66. The lowest BCUT2D eigenvalue weighted by molar-refractivity contribution is -0.383. The normalized spacial score (nSPS) is 24.7. The molecule has 2 unspecified atom stereocenters. The molecule has 0 bridgehead atoms. The van der Waals surface area contributed by atoms with Crippen molar-refractivity contribution in [1.29, 1.82) is 0 Å². The van der Waals surface area contributed by atoms with Crippen molar-refractivity contribution in [2.45, 2.75) is 23.7 Å². The Kier molecular flexibility index (Phi) is 4.00. The number of nitrogen functional groups attached to an aromatic ring is 1. The van der Waals surface area contributed by atoms with Gasteiger partial charge in [0.25, 0.3) is 10.0 Å². The monoisotopic (exact) mass is 321 g/mol. The van der Waals surface area contributed by atoms with Crippen molar-refractivity contribution in [3.05, 3.63) is 16.2 Å². The molecule has 1 fully saturated rings. The van der Waals surface area contributed by atoms with Crippen LogP contribution in [0.1, 0.15) is 13.3 Å². The van der Waals surface area contributed by atoms with Gasteiger partial charge in [0.15, 0.2) is 5.00 Å². The number of aliphatic hydroxyl groups excluding tert-OH is 1. The summed E-state index contributed by atoms with van der Waals surface area (Å²) in [5.41, 5.74) is 5.06. The number of piperidine rings is 1. The van der Waals surface area contributed by atoms with Gasteiger partial charge in [-0.25, -0.2) is 8.42 Å². The Morgan fingerprint density at radius 2 is 2.25 bits per heavy atom. The highest BCUT2D eigenvalue weighted by Crippen LogP contribution is 2.36. The predicted octanol–water partition coefficient (Wildman–Crippen LogP) is 0.630. The van der Waals surface area contributed by atoms with Gasteiger partial charge in [-0.1, -0.05) is 18.3 Å². The molecule has 8 nitrogen and oxygen atoms in total. The summed E-state index contributed by atoms with van der Waals surface area (Å²) in [6.07, 6.45) is -0.186. The van der Waals surface area contributed by atoms with Gasteiger partial charge in [-0.15, -0.1) is 0 Å². The third-order valence-electron chi connectivity index (χ3n) is 3.39. The summed E-state index contributed by atoms with van der Waals surface area (Å²) in [5.74, 6) is 0.0317. The maximum atomic E-state index is 12.4. The molecule has 0 spiro atoms. The van der Waals surface area contributed by atoms with Crippen LogP contribution in [0.15, 0.2) is 10.3 Å². The Morgan fingerprint density at radius 3 is 2.75 bits per heavy atom. The molecule has 112 valence electrons. The fraction of sp³-hybridized carbons (Fsp3) is 0.600. The van der Waals surface area contributed by atoms with E-state index < -0.39 is 26.7 Å². The van der Waals surface area contributed by atoms with E-state index in [1.165, 1.54) is 0 Å². The van der Waals surface area contributed by atoms with Gasteiger partial charge >= 0.3 is 5.69 Å². The van der Waals surface area contributed by atoms with E-state index in [4.69, 9.17) is 5.73 Å². The van der Waals surface area contributed by atoms with Crippen molar-refractivity contribution in [2.75, 3.05) is 18.8 Å². The lowest BCUT2D eigenvalue weighted by Gasteiger charge is -2.32. The Balaban J connectivity index is 2.31. The molecule has 2 heterocycles. The summed E-state index contributed by atoms with van der Waals surface area (Å²) < 4.78 is 25.7. The van der Waals surface area contributed by atoms with Gasteiger partial charge in [-0.3, -0.25) is 10.1 Å². The molecule has 0 saturated carbocycles. The summed E-state index contributed by atoms with van der Waals surface area (Å²) in [6.45, 7) is 2.13. The number of thiophene rings is 1. The SMILES string of the molecule is CC1CCN(S(=O)(=O)c2cc([N+](=O)[O-])c(N)s2)CC1O. The predicted molar refractivity (Wildman–Crippen MR) is 73.9 cm³/mol. The molecule has 1 aromatic rings. The quantitative estimate of drug-likeness (QED) is 0.621. The van der Waals surface area contributed by atoms with E-state index in [1.807, 2.05) is 6.92 Å². The number of aliphatic hydroxyl groups is 1. The third kappa shape index (κ3) is 2.64. The van der Waals surface area contributed by atoms with E-state index in [-0.39, 0.29) is 28.2 Å². The fourth-order valence-electron chi connectivity index (χ4n) is 2.01. The number of hydrogen-bond donors (Lipinski definition) is 2. The number of hydrogen-bond acceptors (Lipinski definition) is 7. The van der Waals surface area contributed by atoms with Crippen LogP contribution in [0.2, 0.25) is 0 Å². The van der Waals surface area contributed by atoms with Crippen molar-refractivity contribution >= 4 is 32.0 Å². The van der Waals surface area contributed by atoms with Crippen LogP contribution in [-0.4, -0.2) is 41.9 Å². The second-order valence-electron chi connectivity index (χ2n) is 4.77. The van der Waals surface area contributed by atoms with Gasteiger partial charge in [0.05, 0.1) is 11.0 Å². The van der Waals surface area contributed by atoms with E-state index in [0.29, 0.717) is 17.8 Å². The van der Waals surface area contributed by atoms with Crippen molar-refractivity contribution < 1.29 is 18.4 Å². The Labute approximate surface area is 120 Å². The van der Waals surface area contributed by atoms with Crippen LogP contribution in [-0.2, 0) is 10.0 Å². The van der Waals surface area contributed by atoms with Crippen LogP contribution in [0.5, 0.6) is 0 Å². The average molecular weight is 321 g/mol. The lowest BCUT2D eigenvalue weighted by Crippen LogP contribution is -2.45. The molecule has 0 amide bonds. The maximum absolute atomic E-state index is 12.4. The zero-order chi connectivity index (χ0) is 15.1. The van der Waals surface area contributed by atoms with E-state index in [9.17, 15) is 23.6 Å². The molecular weight excluding hydrogens is 306 g/mol. The highest BCUT2D eigenvalue weighted by molar-refractivity contribution is 7.91. The van der Waals surface area contributed by atoms with Gasteiger partial charge in [0.2, 0.25) is 0 Å². The van der Waals surface area contributed by atoms with Crippen LogP contribution in [0.25, 0.3) is 0 Å². The van der Waals surface area contributed by atoms with Crippen LogP contribution < -0.4 is 5.73 Å². The number of sulfonamides is 1. The van der Waals surface area contributed by atoms with E-state index in [1.54, 1.807) is 0 Å². The molecule has 10 heteroatoms. The van der Waals surface area contributed by atoms with Crippen molar-refractivity contribution in [2.24, 2.45) is 5.92 Å². The van der Waals surface area contributed by atoms with Crippen LogP contribution in [0, 0.1) is 16.0 Å². The van der Waals surface area contributed by atoms with Crippen LogP contribution in [0.3, 0.4) is 0 Å². The zero-order valence-electron chi connectivity index (χ0n) is 10.7. The summed E-state index contributed by atoms with van der Waals surface area (Å²) >= 11 is 0.670. The molecule has 0 aromatic carbocycles. The van der Waals surface area contributed by atoms with Gasteiger partial charge in [0.1, 0.15) is 4.21 Å². The van der Waals surface area contributed by atoms with Crippen molar-refractivity contribution in [1.82, 2.24) is 4.31 Å². The number of nitrogens with two attached hydrogens (primary N) is 1. The number of β-amino-alcohol motifs (C(OH)–C–C–N with tert-alkyl or cyclic N) is 1. The standard InChI is InChI=1S/C10H15N3O5S2/c1-6-2-3-12(5-8(6)14)20(17,18)9-4-7(13(15)16)10(11)19-9/h4,6,8,14H,2-3,5,11H2,1H3. The van der Waals surface area contributed by atoms with E-state index in [2.05, 4.69) is 0 Å². The molecule has 3 N–H and O–H groups in total. The maximum Gasteiger partial charge on any atom is 0.304 e. The van der Waals surface area contributed by atoms with E-state index in [0.717, 1.165) is 10.4 Å². The van der Waals surface area contributed by atoms with Gasteiger partial charge < -0.3 is 10.8 Å². The molecule has 2 atom stereocenters. The smallest absolute Gasteiger partial charge is 0.304 e. The van der Waals surface area contributed by atoms with Crippen LogP contribution in [0.4, 0.5) is 10.7 Å². The lowest BCUT2D eigenvalue weighted by atomic mass is 9.98. The molecule has 0 aliphatic carbocycles. The fourth-order valence-corrected chi connectivity index (χ4v) is 4.85. The highest BCUT2D eigenvalue weighted by Gasteiger charge is 2.35. The average Bonchev–Trinajstić information content (AvgIpc) is 2.75. The highest BCUT2D eigenvalue weighted by atomic mass is 32.2. The summed E-state index contributed by atoms with van der Waals surface area (Å²) in [6, 6.07) is 0.972. The number of rotatable bonds is 3. The number of nitrogens with zero attached hydrogens (tertiary/aromatic N) is 2. The second-order valence-corrected chi connectivity index (χ2v) is 8.02. The van der Waals surface area contributed by atoms with Gasteiger partial charge in [-0.2, -0.15) is 4.31 Å². The molecule has 1 aliphatic rings. The molecular formula is C10H15N3O5S2. The Morgan fingerprint density at radius 1 is 1.60 bits per heavy atom. The van der Waals surface area contributed by atoms with E-state index >= 15 is 0 Å². The van der Waals surface area contributed by atoms with Gasteiger partial charge in [0, 0.05) is 19.2 Å². The Hall–Kier alpha value is -1.23. The molecule has 20 heavy (non-hydrogen) atoms. The molecule has 0 radical (unpaired) electrons. The summed E-state index contributed by atoms with van der Waals surface area (Å²) in [5, 5.41) is 20.3. The second kappa shape index (κ2) is 5.28. The molecule has 2 rings (SSSR count). The summed E-state index contributed by atoms with van der Waals surface area (Å²) in [4.78, 5) is 10.0. The first-order valence-electron chi connectivity index (χ1n) is 5.95.